The summed E-state index contributed by atoms with van der Waals surface area (Å²) >= 11 is 0. The fourth-order valence-corrected chi connectivity index (χ4v) is 4.39. The summed E-state index contributed by atoms with van der Waals surface area (Å²) in [6, 6.07) is 6.91. The fourth-order valence-electron chi connectivity index (χ4n) is 4.39. The lowest BCUT2D eigenvalue weighted by Gasteiger charge is -2.24. The van der Waals surface area contributed by atoms with Crippen molar-refractivity contribution in [2.75, 3.05) is 32.8 Å². The highest BCUT2D eigenvalue weighted by molar-refractivity contribution is 5.91. The highest BCUT2D eigenvalue weighted by Gasteiger charge is 2.51. The monoisotopic (exact) mass is 494 g/mol. The average Bonchev–Trinajstić information content (AvgIpc) is 3.43. The van der Waals surface area contributed by atoms with E-state index in [-0.39, 0.29) is 25.7 Å². The second kappa shape index (κ2) is 12.8. The molecule has 5 atom stereocenters. The van der Waals surface area contributed by atoms with Crippen LogP contribution < -0.4 is 0 Å². The third-order valence-electron chi connectivity index (χ3n) is 6.31. The van der Waals surface area contributed by atoms with Crippen LogP contribution in [0.15, 0.2) is 24.3 Å². The maximum absolute atomic E-state index is 13.2. The van der Waals surface area contributed by atoms with Crippen LogP contribution in [0.25, 0.3) is 0 Å². The maximum Gasteiger partial charge on any atom is 0.339 e. The number of likely N-dealkylation sites (N-methyl/N-ethyl adjacent to an activating group) is 1. The summed E-state index contributed by atoms with van der Waals surface area (Å²) in [7, 11) is 0. The van der Waals surface area contributed by atoms with Gasteiger partial charge in [-0.15, -0.1) is 10.1 Å². The third-order valence-corrected chi connectivity index (χ3v) is 6.31. The summed E-state index contributed by atoms with van der Waals surface area (Å²) in [6.07, 6.45) is -1.23. The van der Waals surface area contributed by atoms with Gasteiger partial charge in [0.25, 0.3) is 5.09 Å². The number of hydrogen-bond donors (Lipinski definition) is 0. The number of carbonyl (C=O) groups is 2. The van der Waals surface area contributed by atoms with E-state index in [0.717, 1.165) is 25.9 Å². The molecule has 0 aliphatic carbocycles. The molecule has 2 saturated heterocycles. The summed E-state index contributed by atoms with van der Waals surface area (Å²) in [5.41, 5.74) is 0.875. The van der Waals surface area contributed by atoms with E-state index >= 15 is 0 Å². The van der Waals surface area contributed by atoms with E-state index in [1.54, 1.807) is 24.3 Å². The van der Waals surface area contributed by atoms with Gasteiger partial charge in [0.15, 0.2) is 12.2 Å². The molecule has 1 aromatic carbocycles. The van der Waals surface area contributed by atoms with Gasteiger partial charge in [0.1, 0.15) is 18.3 Å². The van der Waals surface area contributed by atoms with Crippen LogP contribution >= 0.6 is 0 Å². The van der Waals surface area contributed by atoms with E-state index in [1.807, 2.05) is 25.7 Å². The Morgan fingerprint density at radius 3 is 2.43 bits per heavy atom. The molecule has 0 saturated carbocycles. The Morgan fingerprint density at radius 1 is 1.11 bits per heavy atom. The van der Waals surface area contributed by atoms with Gasteiger partial charge >= 0.3 is 11.9 Å². The summed E-state index contributed by atoms with van der Waals surface area (Å²) in [5.74, 6) is -0.945. The zero-order valence-corrected chi connectivity index (χ0v) is 20.4. The van der Waals surface area contributed by atoms with Crippen molar-refractivity contribution in [3.8, 4) is 0 Å². The summed E-state index contributed by atoms with van der Waals surface area (Å²) < 4.78 is 22.7. The summed E-state index contributed by atoms with van der Waals surface area (Å²) in [5, 5.41) is 9.80. The van der Waals surface area contributed by atoms with Crippen LogP contribution in [0.5, 0.6) is 0 Å². The highest BCUT2D eigenvalue weighted by atomic mass is 17.0. The molecule has 3 rings (SSSR count). The molecule has 2 unspecified atom stereocenters. The predicted molar refractivity (Wildman–Crippen MR) is 123 cm³/mol. The SMILES string of the molecule is CCCCC(OC(=O)CN(CC)CC)c1ccccc1C(=O)OC1CO[C@H]2[C@@H]1OC[C@H]2O[N+](=O)[O-]. The van der Waals surface area contributed by atoms with E-state index in [9.17, 15) is 19.7 Å². The van der Waals surface area contributed by atoms with Crippen LogP contribution in [0.4, 0.5) is 0 Å². The first-order valence-electron chi connectivity index (χ1n) is 12.1. The lowest BCUT2D eigenvalue weighted by atomic mass is 9.98. The normalized spacial score (nSPS) is 24.1. The van der Waals surface area contributed by atoms with Gasteiger partial charge in [0.05, 0.1) is 25.3 Å². The second-order valence-corrected chi connectivity index (χ2v) is 8.58. The molecule has 0 bridgehead atoms. The first-order chi connectivity index (χ1) is 16.9. The molecule has 0 spiro atoms. The standard InChI is InChI=1S/C24H34N2O9/c1-4-7-12-18(33-21(27)13-25(5-2)6-3)16-10-8-9-11-17(16)24(28)34-19-14-31-23-20(35-26(29)30)15-32-22(19)23/h8-11,18-20,22-23H,4-7,12-15H2,1-3H3/t18?,19?,20-,22-,23-/m1/s1. The van der Waals surface area contributed by atoms with Crippen molar-refractivity contribution >= 4 is 11.9 Å². The number of ether oxygens (including phenoxy) is 4. The molecule has 11 heteroatoms. The Labute approximate surface area is 204 Å². The molecular formula is C24H34N2O9. The molecular weight excluding hydrogens is 460 g/mol. The lowest BCUT2D eigenvalue weighted by molar-refractivity contribution is -0.769. The number of hydrogen-bond acceptors (Lipinski definition) is 10. The fraction of sp³-hybridized carbons (Fsp3) is 0.667. The number of benzene rings is 1. The first kappa shape index (κ1) is 26.8. The number of esters is 2. The summed E-state index contributed by atoms with van der Waals surface area (Å²) in [4.78, 5) is 43.1. The topological polar surface area (TPSA) is 127 Å². The van der Waals surface area contributed by atoms with Gasteiger partial charge in [0.2, 0.25) is 0 Å². The van der Waals surface area contributed by atoms with E-state index in [1.165, 1.54) is 0 Å². The van der Waals surface area contributed by atoms with Gasteiger partial charge in [-0.1, -0.05) is 45.4 Å². The van der Waals surface area contributed by atoms with E-state index < -0.39 is 41.6 Å². The number of unbranched alkanes of at least 4 members (excludes halogenated alkanes) is 1. The zero-order chi connectivity index (χ0) is 25.4. The van der Waals surface area contributed by atoms with E-state index in [2.05, 4.69) is 4.84 Å². The minimum Gasteiger partial charge on any atom is -0.457 e. The third kappa shape index (κ3) is 6.89. The van der Waals surface area contributed by atoms with Gasteiger partial charge in [0, 0.05) is 5.56 Å². The average molecular weight is 495 g/mol. The molecule has 2 fully saturated rings. The van der Waals surface area contributed by atoms with Gasteiger partial charge in [-0.2, -0.15) is 0 Å². The Bertz CT molecular complexity index is 876. The molecule has 2 heterocycles. The van der Waals surface area contributed by atoms with Gasteiger partial charge in [-0.3, -0.25) is 9.69 Å². The second-order valence-electron chi connectivity index (χ2n) is 8.58. The van der Waals surface area contributed by atoms with Crippen molar-refractivity contribution in [3.63, 3.8) is 0 Å². The number of carbonyl (C=O) groups excluding carboxylic acids is 2. The molecule has 35 heavy (non-hydrogen) atoms. The van der Waals surface area contributed by atoms with Gasteiger partial charge in [-0.25, -0.2) is 4.79 Å². The van der Waals surface area contributed by atoms with Crippen molar-refractivity contribution in [1.29, 1.82) is 0 Å². The molecule has 2 aliphatic heterocycles. The Morgan fingerprint density at radius 2 is 1.77 bits per heavy atom. The quantitative estimate of drug-likeness (QED) is 0.229. The number of fused-ring (bicyclic) bond motifs is 1. The van der Waals surface area contributed by atoms with Crippen LogP contribution in [0, 0.1) is 10.1 Å². The largest absolute Gasteiger partial charge is 0.457 e. The van der Waals surface area contributed by atoms with Crippen LogP contribution in [0.1, 0.15) is 62.1 Å². The lowest BCUT2D eigenvalue weighted by Crippen LogP contribution is -2.36. The maximum atomic E-state index is 13.2. The van der Waals surface area contributed by atoms with Crippen molar-refractivity contribution in [3.05, 3.63) is 45.5 Å². The molecule has 0 amide bonds. The molecule has 1 aromatic rings. The van der Waals surface area contributed by atoms with Crippen molar-refractivity contribution in [1.82, 2.24) is 4.90 Å². The number of rotatable bonds is 13. The Kier molecular flexibility index (Phi) is 9.82. The minimum atomic E-state index is -0.882. The van der Waals surface area contributed by atoms with Crippen LogP contribution in [-0.2, 0) is 28.6 Å². The molecule has 194 valence electrons. The minimum absolute atomic E-state index is 0.0253. The van der Waals surface area contributed by atoms with Crippen LogP contribution in [0.3, 0.4) is 0 Å². The van der Waals surface area contributed by atoms with Gasteiger partial charge in [-0.05, 0) is 32.0 Å². The number of nitrogens with zero attached hydrogens (tertiary/aromatic N) is 2. The zero-order valence-electron chi connectivity index (χ0n) is 20.4. The van der Waals surface area contributed by atoms with Crippen molar-refractivity contribution < 1.29 is 38.5 Å². The Balaban J connectivity index is 1.71. The Hall–Kier alpha value is -2.76. The smallest absolute Gasteiger partial charge is 0.339 e. The van der Waals surface area contributed by atoms with Crippen LogP contribution in [0.2, 0.25) is 0 Å². The van der Waals surface area contributed by atoms with E-state index in [0.29, 0.717) is 17.5 Å². The molecule has 0 aromatic heterocycles. The summed E-state index contributed by atoms with van der Waals surface area (Å²) in [6.45, 7) is 7.66. The molecule has 0 radical (unpaired) electrons. The van der Waals surface area contributed by atoms with Gasteiger partial charge < -0.3 is 23.8 Å². The van der Waals surface area contributed by atoms with E-state index in [4.69, 9.17) is 18.9 Å². The first-order valence-corrected chi connectivity index (χ1v) is 12.1. The van der Waals surface area contributed by atoms with Crippen LogP contribution in [-0.4, -0.2) is 79.2 Å². The predicted octanol–water partition coefficient (Wildman–Crippen LogP) is 2.70. The molecule has 2 aliphatic rings. The highest BCUT2D eigenvalue weighted by Crippen LogP contribution is 2.32. The molecule has 11 nitrogen and oxygen atoms in total. The van der Waals surface area contributed by atoms with Crippen molar-refractivity contribution in [2.24, 2.45) is 0 Å². The molecule has 0 N–H and O–H groups in total. The van der Waals surface area contributed by atoms with Crippen molar-refractivity contribution in [2.45, 2.75) is 70.6 Å².